The minimum Gasteiger partial charge on any atom is -0.495 e. The van der Waals surface area contributed by atoms with Gasteiger partial charge in [0.15, 0.2) is 0 Å². The standard InChI is InChI=1S/C18H20N2O3/c1-3-13-8-10-14(11-9-13)19-17(21)12-18(22)20-15-6-4-5-7-16(15)23-2/h4-11H,3,12H2,1-2H3,(H,19,21)(H,20,22). The van der Waals surface area contributed by atoms with Crippen molar-refractivity contribution in [1.29, 1.82) is 0 Å². The van der Waals surface area contributed by atoms with Gasteiger partial charge in [-0.3, -0.25) is 9.59 Å². The molecule has 0 fully saturated rings. The van der Waals surface area contributed by atoms with Gasteiger partial charge in [0.2, 0.25) is 11.8 Å². The number of para-hydroxylation sites is 2. The molecule has 0 aromatic heterocycles. The highest BCUT2D eigenvalue weighted by molar-refractivity contribution is 6.08. The van der Waals surface area contributed by atoms with Crippen molar-refractivity contribution in [2.24, 2.45) is 0 Å². The van der Waals surface area contributed by atoms with Gasteiger partial charge < -0.3 is 15.4 Å². The lowest BCUT2D eigenvalue weighted by atomic mass is 10.1. The number of rotatable bonds is 6. The Kier molecular flexibility index (Phi) is 5.74. The Bertz CT molecular complexity index is 681. The monoisotopic (exact) mass is 312 g/mol. The van der Waals surface area contributed by atoms with Crippen LogP contribution in [0.15, 0.2) is 48.5 Å². The van der Waals surface area contributed by atoms with Crippen LogP contribution in [0.4, 0.5) is 11.4 Å². The zero-order valence-electron chi connectivity index (χ0n) is 13.3. The first kappa shape index (κ1) is 16.5. The van der Waals surface area contributed by atoms with Crippen LogP contribution in [0, 0.1) is 0 Å². The second kappa shape index (κ2) is 7.98. The van der Waals surface area contributed by atoms with Gasteiger partial charge >= 0.3 is 0 Å². The maximum Gasteiger partial charge on any atom is 0.233 e. The predicted octanol–water partition coefficient (Wildman–Crippen LogP) is 3.22. The van der Waals surface area contributed by atoms with Crippen molar-refractivity contribution in [3.05, 3.63) is 54.1 Å². The molecule has 23 heavy (non-hydrogen) atoms. The second-order valence-electron chi connectivity index (χ2n) is 5.02. The summed E-state index contributed by atoms with van der Waals surface area (Å²) in [5.41, 5.74) is 2.41. The van der Waals surface area contributed by atoms with Crippen LogP contribution >= 0.6 is 0 Å². The lowest BCUT2D eigenvalue weighted by molar-refractivity contribution is -0.123. The van der Waals surface area contributed by atoms with Crippen LogP contribution in [-0.2, 0) is 16.0 Å². The fourth-order valence-corrected chi connectivity index (χ4v) is 2.12. The third kappa shape index (κ3) is 4.85. The SMILES string of the molecule is CCc1ccc(NC(=O)CC(=O)Nc2ccccc2OC)cc1. The maximum atomic E-state index is 12.0. The number of ether oxygens (including phenoxy) is 1. The number of amides is 2. The normalized spacial score (nSPS) is 10.0. The third-order valence-electron chi connectivity index (χ3n) is 3.35. The molecule has 2 aromatic rings. The Balaban J connectivity index is 1.90. The molecule has 0 saturated carbocycles. The van der Waals surface area contributed by atoms with Gasteiger partial charge in [-0.15, -0.1) is 0 Å². The molecule has 0 aliphatic heterocycles. The molecule has 2 rings (SSSR count). The summed E-state index contributed by atoms with van der Waals surface area (Å²) in [5.74, 6) is -0.199. The van der Waals surface area contributed by atoms with E-state index in [1.165, 1.54) is 12.7 Å². The molecule has 120 valence electrons. The molecule has 2 amide bonds. The number of nitrogens with one attached hydrogen (secondary N) is 2. The van der Waals surface area contributed by atoms with Crippen molar-refractivity contribution in [3.8, 4) is 5.75 Å². The molecule has 0 radical (unpaired) electrons. The van der Waals surface area contributed by atoms with Gasteiger partial charge in [0.05, 0.1) is 12.8 Å². The number of anilines is 2. The summed E-state index contributed by atoms with van der Waals surface area (Å²) in [5, 5.41) is 5.38. The summed E-state index contributed by atoms with van der Waals surface area (Å²) in [6.45, 7) is 2.07. The van der Waals surface area contributed by atoms with Crippen molar-refractivity contribution in [2.45, 2.75) is 19.8 Å². The summed E-state index contributed by atoms with van der Waals surface area (Å²) in [6.07, 6.45) is 0.684. The van der Waals surface area contributed by atoms with E-state index >= 15 is 0 Å². The topological polar surface area (TPSA) is 67.4 Å². The van der Waals surface area contributed by atoms with Gasteiger partial charge in [-0.25, -0.2) is 0 Å². The highest BCUT2D eigenvalue weighted by Gasteiger charge is 2.12. The Hall–Kier alpha value is -2.82. The summed E-state index contributed by atoms with van der Waals surface area (Å²) in [6, 6.07) is 14.6. The minimum atomic E-state index is -0.392. The molecule has 2 N–H and O–H groups in total. The molecule has 0 unspecified atom stereocenters. The molecule has 5 nitrogen and oxygen atoms in total. The first-order chi connectivity index (χ1) is 11.1. The number of hydrogen-bond acceptors (Lipinski definition) is 3. The van der Waals surface area contributed by atoms with Gasteiger partial charge in [-0.05, 0) is 36.2 Å². The van der Waals surface area contributed by atoms with Gasteiger partial charge in [-0.2, -0.15) is 0 Å². The van der Waals surface area contributed by atoms with E-state index in [0.29, 0.717) is 17.1 Å². The lowest BCUT2D eigenvalue weighted by Gasteiger charge is -2.10. The fraction of sp³-hybridized carbons (Fsp3) is 0.222. The molecule has 0 aliphatic carbocycles. The molecule has 0 bridgehead atoms. The molecule has 0 aliphatic rings. The van der Waals surface area contributed by atoms with Crippen LogP contribution in [0.3, 0.4) is 0 Å². The molecular weight excluding hydrogens is 292 g/mol. The summed E-state index contributed by atoms with van der Waals surface area (Å²) in [7, 11) is 1.53. The Morgan fingerprint density at radius 3 is 2.26 bits per heavy atom. The van der Waals surface area contributed by atoms with Crippen molar-refractivity contribution < 1.29 is 14.3 Å². The highest BCUT2D eigenvalue weighted by atomic mass is 16.5. The summed E-state index contributed by atoms with van der Waals surface area (Å²) in [4.78, 5) is 23.9. The zero-order valence-corrected chi connectivity index (χ0v) is 13.3. The quantitative estimate of drug-likeness (QED) is 0.805. The minimum absolute atomic E-state index is 0.256. The van der Waals surface area contributed by atoms with Gasteiger partial charge in [-0.1, -0.05) is 31.2 Å². The number of methoxy groups -OCH3 is 1. The van der Waals surface area contributed by atoms with E-state index in [4.69, 9.17) is 4.74 Å². The molecule has 2 aromatic carbocycles. The average molecular weight is 312 g/mol. The zero-order chi connectivity index (χ0) is 16.7. The van der Waals surface area contributed by atoms with Gasteiger partial charge in [0, 0.05) is 5.69 Å². The Labute approximate surface area is 135 Å². The average Bonchev–Trinajstić information content (AvgIpc) is 2.55. The van der Waals surface area contributed by atoms with E-state index in [0.717, 1.165) is 6.42 Å². The van der Waals surface area contributed by atoms with Crippen LogP contribution in [0.25, 0.3) is 0 Å². The molecule has 0 heterocycles. The van der Waals surface area contributed by atoms with Crippen LogP contribution < -0.4 is 15.4 Å². The highest BCUT2D eigenvalue weighted by Crippen LogP contribution is 2.23. The van der Waals surface area contributed by atoms with Crippen molar-refractivity contribution >= 4 is 23.2 Å². The van der Waals surface area contributed by atoms with Crippen LogP contribution in [0.5, 0.6) is 5.75 Å². The molecule has 0 spiro atoms. The van der Waals surface area contributed by atoms with E-state index in [1.807, 2.05) is 24.3 Å². The van der Waals surface area contributed by atoms with Gasteiger partial charge in [0.1, 0.15) is 12.2 Å². The van der Waals surface area contributed by atoms with Crippen molar-refractivity contribution in [1.82, 2.24) is 0 Å². The van der Waals surface area contributed by atoms with E-state index < -0.39 is 5.91 Å². The number of benzene rings is 2. The van der Waals surface area contributed by atoms with Crippen molar-refractivity contribution in [3.63, 3.8) is 0 Å². The van der Waals surface area contributed by atoms with E-state index in [1.54, 1.807) is 24.3 Å². The largest absolute Gasteiger partial charge is 0.495 e. The Morgan fingerprint density at radius 2 is 1.61 bits per heavy atom. The fourth-order valence-electron chi connectivity index (χ4n) is 2.12. The summed E-state index contributed by atoms with van der Waals surface area (Å²) < 4.78 is 5.15. The molecule has 0 atom stereocenters. The van der Waals surface area contributed by atoms with Crippen LogP contribution in [0.2, 0.25) is 0 Å². The van der Waals surface area contributed by atoms with Crippen LogP contribution in [-0.4, -0.2) is 18.9 Å². The van der Waals surface area contributed by atoms with E-state index in [-0.39, 0.29) is 12.3 Å². The molecule has 0 saturated heterocycles. The first-order valence-corrected chi connectivity index (χ1v) is 7.44. The Morgan fingerprint density at radius 1 is 0.957 bits per heavy atom. The van der Waals surface area contributed by atoms with Crippen LogP contribution in [0.1, 0.15) is 18.9 Å². The van der Waals surface area contributed by atoms with E-state index in [9.17, 15) is 9.59 Å². The smallest absolute Gasteiger partial charge is 0.233 e. The number of hydrogen-bond donors (Lipinski definition) is 2. The lowest BCUT2D eigenvalue weighted by Crippen LogP contribution is -2.21. The molecule has 5 heteroatoms. The number of carbonyl (C=O) groups is 2. The third-order valence-corrected chi connectivity index (χ3v) is 3.35. The number of aryl methyl sites for hydroxylation is 1. The second-order valence-corrected chi connectivity index (χ2v) is 5.02. The summed E-state index contributed by atoms with van der Waals surface area (Å²) >= 11 is 0. The maximum absolute atomic E-state index is 12.0. The number of carbonyl (C=O) groups excluding carboxylic acids is 2. The van der Waals surface area contributed by atoms with E-state index in [2.05, 4.69) is 17.6 Å². The first-order valence-electron chi connectivity index (χ1n) is 7.44. The predicted molar refractivity (Wildman–Crippen MR) is 90.7 cm³/mol. The van der Waals surface area contributed by atoms with Gasteiger partial charge in [0.25, 0.3) is 0 Å². The molecular formula is C18H20N2O3. The van der Waals surface area contributed by atoms with Crippen molar-refractivity contribution in [2.75, 3.05) is 17.7 Å².